The Bertz CT molecular complexity index is 496. The van der Waals surface area contributed by atoms with Crippen molar-refractivity contribution in [3.05, 3.63) is 34.9 Å². The average Bonchev–Trinajstić information content (AvgIpc) is 2.25. The first-order valence-electron chi connectivity index (χ1n) is 4.25. The highest BCUT2D eigenvalue weighted by Gasteiger charge is 2.18. The fourth-order valence-corrected chi connectivity index (χ4v) is 1.50. The minimum atomic E-state index is -1.25. The molecule has 1 aromatic rings. The van der Waals surface area contributed by atoms with Crippen molar-refractivity contribution in [1.29, 1.82) is 0 Å². The van der Waals surface area contributed by atoms with Crippen molar-refractivity contribution in [3.63, 3.8) is 0 Å². The molecule has 0 aliphatic rings. The van der Waals surface area contributed by atoms with Crippen LogP contribution in [0, 0.1) is 9.85 Å². The van der Waals surface area contributed by atoms with Crippen LogP contribution >= 0.6 is 22.6 Å². The molecule has 0 aliphatic carbocycles. The maximum atomic E-state index is 11.0. The molecule has 0 amide bonds. The monoisotopic (exact) mass is 330 g/mol. The van der Waals surface area contributed by atoms with Crippen LogP contribution in [0.1, 0.15) is 26.3 Å². The van der Waals surface area contributed by atoms with Crippen molar-refractivity contribution in [3.8, 4) is 9.85 Å². The van der Waals surface area contributed by atoms with Gasteiger partial charge in [-0.2, -0.15) is 0 Å². The number of halogens is 1. The molecule has 0 aromatic heterocycles. The van der Waals surface area contributed by atoms with Crippen molar-refractivity contribution in [2.24, 2.45) is 0 Å². The van der Waals surface area contributed by atoms with Crippen LogP contribution < -0.4 is 0 Å². The Morgan fingerprint density at radius 2 is 1.94 bits per heavy atom. The molecule has 0 aliphatic heterocycles. The zero-order valence-corrected chi connectivity index (χ0v) is 10.2. The van der Waals surface area contributed by atoms with Crippen molar-refractivity contribution < 1.29 is 19.8 Å². The van der Waals surface area contributed by atoms with Gasteiger partial charge in [0.2, 0.25) is 0 Å². The lowest BCUT2D eigenvalue weighted by molar-refractivity contribution is 0.0650. The van der Waals surface area contributed by atoms with Crippen molar-refractivity contribution in [2.45, 2.75) is 6.42 Å². The van der Waals surface area contributed by atoms with E-state index < -0.39 is 11.9 Å². The molecule has 0 unspecified atom stereocenters. The molecule has 4 nitrogen and oxygen atoms in total. The maximum absolute atomic E-state index is 11.0. The molecule has 82 valence electrons. The molecule has 0 saturated heterocycles. The van der Waals surface area contributed by atoms with Gasteiger partial charge in [-0.1, -0.05) is 18.1 Å². The van der Waals surface area contributed by atoms with Crippen LogP contribution in [-0.2, 0) is 6.42 Å². The van der Waals surface area contributed by atoms with Gasteiger partial charge in [0.25, 0.3) is 0 Å². The SMILES string of the molecule is O=C(O)c1cccc(CC#CI)c1C(=O)O. The minimum Gasteiger partial charge on any atom is -0.478 e. The Balaban J connectivity index is 3.36. The standard InChI is InChI=1S/C11H7IO4/c12-6-2-4-7-3-1-5-8(10(13)14)9(7)11(15)16/h1,3,5H,4H2,(H,13,14)(H,15,16). The first-order chi connectivity index (χ1) is 7.57. The van der Waals surface area contributed by atoms with Crippen molar-refractivity contribution in [2.75, 3.05) is 0 Å². The van der Waals surface area contributed by atoms with E-state index in [0.29, 0.717) is 5.56 Å². The van der Waals surface area contributed by atoms with Crippen molar-refractivity contribution >= 4 is 34.5 Å². The van der Waals surface area contributed by atoms with E-state index in [1.165, 1.54) is 12.1 Å². The summed E-state index contributed by atoms with van der Waals surface area (Å²) in [6.45, 7) is 0. The molecule has 0 saturated carbocycles. The van der Waals surface area contributed by atoms with Crippen LogP contribution in [0.4, 0.5) is 0 Å². The summed E-state index contributed by atoms with van der Waals surface area (Å²) in [7, 11) is 0. The molecule has 16 heavy (non-hydrogen) atoms. The van der Waals surface area contributed by atoms with Gasteiger partial charge in [0, 0.05) is 29.0 Å². The van der Waals surface area contributed by atoms with Crippen molar-refractivity contribution in [1.82, 2.24) is 0 Å². The lowest BCUT2D eigenvalue weighted by Crippen LogP contribution is -2.11. The normalized spacial score (nSPS) is 9.06. The highest BCUT2D eigenvalue weighted by Crippen LogP contribution is 2.15. The number of carboxylic acid groups (broad SMARTS) is 2. The van der Waals surface area contributed by atoms with E-state index in [4.69, 9.17) is 10.2 Å². The number of rotatable bonds is 3. The second kappa shape index (κ2) is 5.51. The molecule has 0 fully saturated rings. The van der Waals surface area contributed by atoms with Crippen LogP contribution in [0.15, 0.2) is 18.2 Å². The van der Waals surface area contributed by atoms with E-state index >= 15 is 0 Å². The van der Waals surface area contributed by atoms with Crippen LogP contribution in [0.5, 0.6) is 0 Å². The van der Waals surface area contributed by atoms with E-state index in [9.17, 15) is 9.59 Å². The lowest BCUT2D eigenvalue weighted by Gasteiger charge is -2.05. The van der Waals surface area contributed by atoms with E-state index in [2.05, 4.69) is 9.85 Å². The van der Waals surface area contributed by atoms with Gasteiger partial charge >= 0.3 is 11.9 Å². The van der Waals surface area contributed by atoms with Crippen LogP contribution in [0.3, 0.4) is 0 Å². The smallest absolute Gasteiger partial charge is 0.336 e. The number of aromatic carboxylic acids is 2. The molecule has 1 rings (SSSR count). The quantitative estimate of drug-likeness (QED) is 0.657. The Labute approximate surface area is 105 Å². The topological polar surface area (TPSA) is 74.6 Å². The van der Waals surface area contributed by atoms with E-state index in [0.717, 1.165) is 0 Å². The van der Waals surface area contributed by atoms with Gasteiger partial charge in [-0.3, -0.25) is 0 Å². The number of benzene rings is 1. The molecule has 0 radical (unpaired) electrons. The zero-order valence-electron chi connectivity index (χ0n) is 8.03. The summed E-state index contributed by atoms with van der Waals surface area (Å²) in [5.41, 5.74) is 0.0194. The third-order valence-corrected chi connectivity index (χ3v) is 2.32. The fraction of sp³-hybridized carbons (Fsp3) is 0.0909. The average molecular weight is 330 g/mol. The van der Waals surface area contributed by atoms with Gasteiger partial charge in [-0.25, -0.2) is 9.59 Å². The van der Waals surface area contributed by atoms with E-state index in [1.54, 1.807) is 6.07 Å². The molecular weight excluding hydrogens is 323 g/mol. The van der Waals surface area contributed by atoms with Gasteiger partial charge < -0.3 is 10.2 Å². The summed E-state index contributed by atoms with van der Waals surface area (Å²) in [6, 6.07) is 4.35. The van der Waals surface area contributed by atoms with Gasteiger partial charge in [-0.15, -0.1) is 0 Å². The second-order valence-electron chi connectivity index (χ2n) is 2.90. The lowest BCUT2D eigenvalue weighted by atomic mass is 9.99. The van der Waals surface area contributed by atoms with Gasteiger partial charge in [0.1, 0.15) is 0 Å². The maximum Gasteiger partial charge on any atom is 0.336 e. The van der Waals surface area contributed by atoms with Crippen LogP contribution in [0.2, 0.25) is 0 Å². The molecule has 0 bridgehead atoms. The second-order valence-corrected chi connectivity index (χ2v) is 3.44. The molecule has 0 spiro atoms. The minimum absolute atomic E-state index is 0.186. The predicted molar refractivity (Wildman–Crippen MR) is 65.9 cm³/mol. The fourth-order valence-electron chi connectivity index (χ4n) is 1.31. The molecule has 2 N–H and O–H groups in total. The first-order valence-corrected chi connectivity index (χ1v) is 5.32. The zero-order chi connectivity index (χ0) is 12.1. The van der Waals surface area contributed by atoms with Crippen LogP contribution in [-0.4, -0.2) is 22.2 Å². The summed E-state index contributed by atoms with van der Waals surface area (Å²) in [5, 5.41) is 17.8. The Hall–Kier alpha value is -1.55. The predicted octanol–water partition coefficient (Wildman–Crippen LogP) is 2.02. The Morgan fingerprint density at radius 3 is 2.44 bits per heavy atom. The number of carbonyl (C=O) groups is 2. The Kier molecular flexibility index (Phi) is 4.31. The highest BCUT2D eigenvalue weighted by atomic mass is 127. The Morgan fingerprint density at radius 1 is 1.25 bits per heavy atom. The summed E-state index contributed by atoms with van der Waals surface area (Å²) in [4.78, 5) is 21.8. The summed E-state index contributed by atoms with van der Waals surface area (Å²) < 4.78 is 2.61. The number of hydrogen-bond acceptors (Lipinski definition) is 2. The van der Waals surface area contributed by atoms with Gasteiger partial charge in [-0.05, 0) is 15.6 Å². The van der Waals surface area contributed by atoms with E-state index in [1.807, 2.05) is 22.6 Å². The summed E-state index contributed by atoms with van der Waals surface area (Å²) in [6.07, 6.45) is 0.228. The molecule has 0 atom stereocenters. The highest BCUT2D eigenvalue weighted by molar-refractivity contribution is 14.1. The largest absolute Gasteiger partial charge is 0.478 e. The number of carboxylic acids is 2. The molecule has 5 heteroatoms. The molecule has 0 heterocycles. The third kappa shape index (κ3) is 2.73. The molecule has 1 aromatic carbocycles. The first kappa shape index (κ1) is 12.5. The summed E-state index contributed by atoms with van der Waals surface area (Å²) >= 11 is 1.84. The van der Waals surface area contributed by atoms with E-state index in [-0.39, 0.29) is 17.5 Å². The molecular formula is C11H7IO4. The van der Waals surface area contributed by atoms with Gasteiger partial charge in [0.05, 0.1) is 11.1 Å². The van der Waals surface area contributed by atoms with Gasteiger partial charge in [0.15, 0.2) is 0 Å². The number of hydrogen-bond donors (Lipinski definition) is 2. The summed E-state index contributed by atoms with van der Waals surface area (Å²) in [5.74, 6) is 0.211. The third-order valence-electron chi connectivity index (χ3n) is 1.94. The van der Waals surface area contributed by atoms with Crippen LogP contribution in [0.25, 0.3) is 0 Å².